The monoisotopic (exact) mass is 377 g/mol. The molecule has 0 heterocycles. The lowest BCUT2D eigenvalue weighted by Crippen LogP contribution is -2.42. The van der Waals surface area contributed by atoms with Crippen LogP contribution in [-0.2, 0) is 16.0 Å². The molecule has 27 heavy (non-hydrogen) atoms. The van der Waals surface area contributed by atoms with E-state index in [4.69, 9.17) is 9.47 Å². The van der Waals surface area contributed by atoms with Crippen molar-refractivity contribution < 1.29 is 9.47 Å². The molecule has 0 aliphatic rings. The Hall–Kier alpha value is -0.900. The van der Waals surface area contributed by atoms with E-state index in [1.807, 2.05) is 0 Å². The van der Waals surface area contributed by atoms with Gasteiger partial charge in [-0.25, -0.2) is 0 Å². The van der Waals surface area contributed by atoms with Crippen LogP contribution in [0.3, 0.4) is 0 Å². The minimum absolute atomic E-state index is 0.423. The minimum atomic E-state index is -0.471. The first-order valence-electron chi connectivity index (χ1n) is 11.2. The Kier molecular flexibility index (Phi) is 13.5. The molecule has 0 fully saturated rings. The van der Waals surface area contributed by atoms with E-state index in [1.165, 1.54) is 50.5 Å². The summed E-state index contributed by atoms with van der Waals surface area (Å²) in [4.78, 5) is 0. The van der Waals surface area contributed by atoms with Gasteiger partial charge >= 0.3 is 0 Å². The summed E-state index contributed by atoms with van der Waals surface area (Å²) >= 11 is 0. The van der Waals surface area contributed by atoms with Gasteiger partial charge in [0.05, 0.1) is 0 Å². The van der Waals surface area contributed by atoms with Crippen molar-refractivity contribution in [3.05, 3.63) is 35.9 Å². The van der Waals surface area contributed by atoms with Crippen LogP contribution >= 0.6 is 0 Å². The smallest absolute Gasteiger partial charge is 0.168 e. The molecule has 1 atom stereocenters. The maximum atomic E-state index is 6.09. The average molecular weight is 378 g/mol. The van der Waals surface area contributed by atoms with Crippen LogP contribution in [0, 0.1) is 5.92 Å². The molecule has 1 aromatic rings. The molecule has 0 aliphatic heterocycles. The second kappa shape index (κ2) is 15.1. The highest BCUT2D eigenvalue weighted by molar-refractivity contribution is 5.14. The molecule has 0 spiro atoms. The summed E-state index contributed by atoms with van der Waals surface area (Å²) in [5.74, 6) is -0.0479. The maximum Gasteiger partial charge on any atom is 0.168 e. The molecule has 1 aromatic carbocycles. The van der Waals surface area contributed by atoms with Crippen molar-refractivity contribution in [2.75, 3.05) is 19.8 Å². The molecule has 0 aromatic heterocycles. The fourth-order valence-corrected chi connectivity index (χ4v) is 3.80. The first-order valence-corrected chi connectivity index (χ1v) is 11.2. The number of ether oxygens (including phenoxy) is 2. The molecular formula is C24H43NO2. The molecule has 1 N–H and O–H groups in total. The van der Waals surface area contributed by atoms with Crippen molar-refractivity contribution in [1.29, 1.82) is 0 Å². The Balaban J connectivity index is 2.49. The van der Waals surface area contributed by atoms with E-state index in [1.54, 1.807) is 0 Å². The second-order valence-corrected chi connectivity index (χ2v) is 7.59. The Morgan fingerprint density at radius 3 is 2.11 bits per heavy atom. The van der Waals surface area contributed by atoms with Gasteiger partial charge in [-0.15, -0.1) is 0 Å². The summed E-state index contributed by atoms with van der Waals surface area (Å²) in [5, 5.41) is 3.60. The van der Waals surface area contributed by atoms with Crippen LogP contribution in [0.2, 0.25) is 0 Å². The van der Waals surface area contributed by atoms with Gasteiger partial charge in [-0.3, -0.25) is 0 Å². The first kappa shape index (κ1) is 24.1. The van der Waals surface area contributed by atoms with Crippen LogP contribution in [0.1, 0.15) is 84.6 Å². The number of hydrogen-bond donors (Lipinski definition) is 1. The Morgan fingerprint density at radius 2 is 1.48 bits per heavy atom. The molecule has 0 bridgehead atoms. The molecule has 1 rings (SSSR count). The quantitative estimate of drug-likeness (QED) is 0.254. The summed E-state index contributed by atoms with van der Waals surface area (Å²) in [7, 11) is 0. The van der Waals surface area contributed by atoms with Gasteiger partial charge < -0.3 is 14.8 Å². The zero-order valence-corrected chi connectivity index (χ0v) is 18.3. The molecule has 0 aliphatic carbocycles. The zero-order valence-electron chi connectivity index (χ0n) is 18.3. The number of unbranched alkanes of at least 4 members (excludes halogenated alkanes) is 5. The standard InChI is InChI=1S/C24H43NO2/c1-5-8-9-10-11-15-18-23(24(4,26-6-2)27-7-3)19-20-25-21-22-16-13-12-14-17-22/h12-14,16-17,23,25H,5-11,15,18-21H2,1-4H3. The van der Waals surface area contributed by atoms with Gasteiger partial charge in [0.25, 0.3) is 0 Å². The van der Waals surface area contributed by atoms with E-state index in [-0.39, 0.29) is 0 Å². The third-order valence-electron chi connectivity index (χ3n) is 5.35. The largest absolute Gasteiger partial charge is 0.350 e. The summed E-state index contributed by atoms with van der Waals surface area (Å²) in [5.41, 5.74) is 1.34. The van der Waals surface area contributed by atoms with E-state index in [0.717, 1.165) is 19.5 Å². The van der Waals surface area contributed by atoms with Crippen LogP contribution in [0.25, 0.3) is 0 Å². The Morgan fingerprint density at radius 1 is 0.852 bits per heavy atom. The van der Waals surface area contributed by atoms with Gasteiger partial charge in [0.2, 0.25) is 0 Å². The lowest BCUT2D eigenvalue weighted by molar-refractivity contribution is -0.254. The highest BCUT2D eigenvalue weighted by Crippen LogP contribution is 2.31. The van der Waals surface area contributed by atoms with Gasteiger partial charge in [0.1, 0.15) is 0 Å². The molecular weight excluding hydrogens is 334 g/mol. The molecule has 0 radical (unpaired) electrons. The highest BCUT2D eigenvalue weighted by atomic mass is 16.7. The van der Waals surface area contributed by atoms with Crippen LogP contribution < -0.4 is 5.32 Å². The Labute approximate surface area is 168 Å². The predicted octanol–water partition coefficient (Wildman–Crippen LogP) is 6.32. The fourth-order valence-electron chi connectivity index (χ4n) is 3.80. The summed E-state index contributed by atoms with van der Waals surface area (Å²) in [6.45, 7) is 11.8. The number of hydrogen-bond acceptors (Lipinski definition) is 3. The van der Waals surface area contributed by atoms with Crippen molar-refractivity contribution in [3.8, 4) is 0 Å². The normalized spacial score (nSPS) is 13.0. The molecule has 0 amide bonds. The fraction of sp³-hybridized carbons (Fsp3) is 0.750. The number of rotatable bonds is 17. The van der Waals surface area contributed by atoms with Crippen molar-refractivity contribution in [2.24, 2.45) is 5.92 Å². The zero-order chi connectivity index (χ0) is 19.8. The highest BCUT2D eigenvalue weighted by Gasteiger charge is 2.34. The van der Waals surface area contributed by atoms with Crippen LogP contribution in [0.4, 0.5) is 0 Å². The first-order chi connectivity index (χ1) is 13.2. The topological polar surface area (TPSA) is 30.5 Å². The van der Waals surface area contributed by atoms with Gasteiger partial charge in [-0.1, -0.05) is 75.8 Å². The van der Waals surface area contributed by atoms with Crippen molar-refractivity contribution in [2.45, 2.75) is 91.4 Å². The Bertz CT molecular complexity index is 443. The average Bonchev–Trinajstić information content (AvgIpc) is 2.67. The number of nitrogens with one attached hydrogen (secondary N) is 1. The van der Waals surface area contributed by atoms with E-state index < -0.39 is 5.79 Å². The molecule has 156 valence electrons. The lowest BCUT2D eigenvalue weighted by atomic mass is 9.89. The van der Waals surface area contributed by atoms with Gasteiger partial charge in [0, 0.05) is 25.7 Å². The SMILES string of the molecule is CCCCCCCCC(CCNCc1ccccc1)C(C)(OCC)OCC. The minimum Gasteiger partial charge on any atom is -0.350 e. The maximum absolute atomic E-state index is 6.09. The van der Waals surface area contributed by atoms with Crippen LogP contribution in [-0.4, -0.2) is 25.5 Å². The summed E-state index contributed by atoms with van der Waals surface area (Å²) in [6, 6.07) is 10.6. The molecule has 1 unspecified atom stereocenters. The van der Waals surface area contributed by atoms with Gasteiger partial charge in [0.15, 0.2) is 5.79 Å². The molecule has 3 nitrogen and oxygen atoms in total. The van der Waals surface area contributed by atoms with Crippen molar-refractivity contribution in [3.63, 3.8) is 0 Å². The third-order valence-corrected chi connectivity index (χ3v) is 5.35. The van der Waals surface area contributed by atoms with Crippen LogP contribution in [0.5, 0.6) is 0 Å². The summed E-state index contributed by atoms with van der Waals surface area (Å²) < 4.78 is 12.2. The van der Waals surface area contributed by atoms with E-state index >= 15 is 0 Å². The second-order valence-electron chi connectivity index (χ2n) is 7.59. The predicted molar refractivity (Wildman–Crippen MR) is 116 cm³/mol. The molecule has 0 saturated heterocycles. The van der Waals surface area contributed by atoms with Crippen molar-refractivity contribution >= 4 is 0 Å². The third kappa shape index (κ3) is 10.3. The van der Waals surface area contributed by atoms with Gasteiger partial charge in [-0.2, -0.15) is 0 Å². The van der Waals surface area contributed by atoms with E-state index in [0.29, 0.717) is 19.1 Å². The van der Waals surface area contributed by atoms with E-state index in [2.05, 4.69) is 63.3 Å². The molecule has 3 heteroatoms. The lowest BCUT2D eigenvalue weighted by Gasteiger charge is -2.37. The van der Waals surface area contributed by atoms with Crippen molar-refractivity contribution in [1.82, 2.24) is 5.32 Å². The summed E-state index contributed by atoms with van der Waals surface area (Å²) in [6.07, 6.45) is 10.2. The van der Waals surface area contributed by atoms with E-state index in [9.17, 15) is 0 Å². The van der Waals surface area contributed by atoms with Crippen LogP contribution in [0.15, 0.2) is 30.3 Å². The van der Waals surface area contributed by atoms with Gasteiger partial charge in [-0.05, 0) is 45.7 Å². The number of benzene rings is 1. The molecule has 0 saturated carbocycles.